The number of anilines is 1. The monoisotopic (exact) mass is 417 g/mol. The van der Waals surface area contributed by atoms with Gasteiger partial charge in [-0.05, 0) is 38.2 Å². The number of ether oxygens (including phenoxy) is 3. The van der Waals surface area contributed by atoms with Crippen LogP contribution in [0.4, 0.5) is 11.4 Å². The number of nitro benzene ring substituents is 1. The second-order valence-corrected chi connectivity index (χ2v) is 6.82. The Kier molecular flexibility index (Phi) is 8.57. The number of likely N-dealkylation sites (N-methyl/N-ethyl adjacent to an activating group) is 1. The Hall–Kier alpha value is -3.17. The third-order valence-corrected chi connectivity index (χ3v) is 4.33. The molecule has 0 spiro atoms. The fourth-order valence-corrected chi connectivity index (χ4v) is 2.70. The summed E-state index contributed by atoms with van der Waals surface area (Å²) in [5.74, 6) is -0.214. The fourth-order valence-electron chi connectivity index (χ4n) is 2.70. The summed E-state index contributed by atoms with van der Waals surface area (Å²) < 4.78 is 15.6. The molecular formula is C21H27N3O6. The lowest BCUT2D eigenvalue weighted by molar-refractivity contribution is -0.385. The zero-order valence-corrected chi connectivity index (χ0v) is 17.6. The van der Waals surface area contributed by atoms with E-state index in [1.807, 2.05) is 26.2 Å². The zero-order chi connectivity index (χ0) is 22.1. The molecule has 0 aliphatic heterocycles. The van der Waals surface area contributed by atoms with Gasteiger partial charge in [-0.1, -0.05) is 12.1 Å². The van der Waals surface area contributed by atoms with E-state index in [1.54, 1.807) is 12.1 Å². The van der Waals surface area contributed by atoms with Crippen LogP contribution in [0.2, 0.25) is 0 Å². The molecule has 2 aromatic rings. The Morgan fingerprint density at radius 2 is 1.80 bits per heavy atom. The number of benzene rings is 2. The summed E-state index contributed by atoms with van der Waals surface area (Å²) in [6.45, 7) is 1.41. The lowest BCUT2D eigenvalue weighted by atomic mass is 10.1. The van der Waals surface area contributed by atoms with Crippen molar-refractivity contribution < 1.29 is 23.9 Å². The molecule has 0 aromatic heterocycles. The van der Waals surface area contributed by atoms with E-state index < -0.39 is 10.8 Å². The summed E-state index contributed by atoms with van der Waals surface area (Å²) in [4.78, 5) is 25.7. The molecule has 9 heteroatoms. The van der Waals surface area contributed by atoms with Gasteiger partial charge in [-0.25, -0.2) is 0 Å². The van der Waals surface area contributed by atoms with Gasteiger partial charge in [0.05, 0.1) is 24.7 Å². The first-order valence-corrected chi connectivity index (χ1v) is 9.39. The maximum atomic E-state index is 12.7. The van der Waals surface area contributed by atoms with E-state index in [0.717, 1.165) is 18.5 Å². The van der Waals surface area contributed by atoms with Gasteiger partial charge >= 0.3 is 0 Å². The highest BCUT2D eigenvalue weighted by molar-refractivity contribution is 6.07. The van der Waals surface area contributed by atoms with Crippen LogP contribution < -0.4 is 14.8 Å². The van der Waals surface area contributed by atoms with Gasteiger partial charge in [0, 0.05) is 25.4 Å². The van der Waals surface area contributed by atoms with E-state index in [-0.39, 0.29) is 29.4 Å². The minimum absolute atomic E-state index is 0.118. The van der Waals surface area contributed by atoms with Crippen molar-refractivity contribution in [2.75, 3.05) is 53.4 Å². The van der Waals surface area contributed by atoms with E-state index >= 15 is 0 Å². The Labute approximate surface area is 175 Å². The van der Waals surface area contributed by atoms with Crippen LogP contribution >= 0.6 is 0 Å². The molecule has 0 aliphatic rings. The Balaban J connectivity index is 2.22. The molecule has 2 aromatic carbocycles. The molecule has 0 bridgehead atoms. The summed E-state index contributed by atoms with van der Waals surface area (Å²) in [5.41, 5.74) is 1.19. The van der Waals surface area contributed by atoms with Crippen molar-refractivity contribution in [1.82, 2.24) is 4.90 Å². The normalized spacial score (nSPS) is 10.7. The van der Waals surface area contributed by atoms with E-state index in [1.165, 1.54) is 26.4 Å². The van der Waals surface area contributed by atoms with Crippen molar-refractivity contribution in [2.45, 2.75) is 6.42 Å². The van der Waals surface area contributed by atoms with Gasteiger partial charge in [0.15, 0.2) is 11.5 Å². The number of carbonyl (C=O) groups excluding carboxylic acids is 1. The SMILES string of the molecule is COCCOc1cc([N+](=O)[O-])c(C(=O)Nc2ccc(CCN(C)C)cc2)cc1OC. The number of nitrogens with one attached hydrogen (secondary N) is 1. The van der Waals surface area contributed by atoms with Crippen molar-refractivity contribution in [2.24, 2.45) is 0 Å². The molecule has 9 nitrogen and oxygen atoms in total. The second-order valence-electron chi connectivity index (χ2n) is 6.82. The van der Waals surface area contributed by atoms with E-state index in [2.05, 4.69) is 10.2 Å². The highest BCUT2D eigenvalue weighted by atomic mass is 16.6. The molecular weight excluding hydrogens is 390 g/mol. The van der Waals surface area contributed by atoms with Gasteiger partial charge < -0.3 is 24.4 Å². The number of methoxy groups -OCH3 is 2. The second kappa shape index (κ2) is 11.1. The van der Waals surface area contributed by atoms with Gasteiger partial charge in [-0.3, -0.25) is 14.9 Å². The van der Waals surface area contributed by atoms with Crippen molar-refractivity contribution in [1.29, 1.82) is 0 Å². The average molecular weight is 417 g/mol. The van der Waals surface area contributed by atoms with Crippen molar-refractivity contribution >= 4 is 17.3 Å². The molecule has 0 atom stereocenters. The van der Waals surface area contributed by atoms with Crippen molar-refractivity contribution in [3.8, 4) is 11.5 Å². The molecule has 0 heterocycles. The van der Waals surface area contributed by atoms with Crippen LogP contribution in [0.3, 0.4) is 0 Å². The average Bonchev–Trinajstić information content (AvgIpc) is 2.72. The van der Waals surface area contributed by atoms with Gasteiger partial charge in [0.1, 0.15) is 12.2 Å². The Bertz CT molecular complexity index is 868. The highest BCUT2D eigenvalue weighted by Crippen LogP contribution is 2.35. The number of rotatable bonds is 11. The Morgan fingerprint density at radius 1 is 1.10 bits per heavy atom. The quantitative estimate of drug-likeness (QED) is 0.341. The highest BCUT2D eigenvalue weighted by Gasteiger charge is 2.25. The fraction of sp³-hybridized carbons (Fsp3) is 0.381. The Morgan fingerprint density at radius 3 is 2.37 bits per heavy atom. The molecule has 0 fully saturated rings. The molecule has 162 valence electrons. The van der Waals surface area contributed by atoms with Crippen LogP contribution in [0.5, 0.6) is 11.5 Å². The molecule has 0 aliphatic carbocycles. The predicted octanol–water partition coefficient (Wildman–Crippen LogP) is 2.99. The van der Waals surface area contributed by atoms with Crippen LogP contribution in [0, 0.1) is 10.1 Å². The topological polar surface area (TPSA) is 103 Å². The number of nitro groups is 1. The third-order valence-electron chi connectivity index (χ3n) is 4.33. The third kappa shape index (κ3) is 6.43. The minimum atomic E-state index is -0.623. The number of carbonyl (C=O) groups is 1. The van der Waals surface area contributed by atoms with Gasteiger partial charge in [-0.2, -0.15) is 0 Å². The number of hydrogen-bond acceptors (Lipinski definition) is 7. The molecule has 0 radical (unpaired) electrons. The molecule has 0 saturated carbocycles. The van der Waals surface area contributed by atoms with Crippen LogP contribution in [-0.4, -0.2) is 63.8 Å². The first-order valence-electron chi connectivity index (χ1n) is 9.39. The maximum Gasteiger partial charge on any atom is 0.286 e. The lowest BCUT2D eigenvalue weighted by Gasteiger charge is -2.13. The van der Waals surface area contributed by atoms with Crippen LogP contribution in [0.25, 0.3) is 0 Å². The van der Waals surface area contributed by atoms with E-state index in [9.17, 15) is 14.9 Å². The first kappa shape index (κ1) is 23.1. The summed E-state index contributed by atoms with van der Waals surface area (Å²) in [5, 5.41) is 14.2. The van der Waals surface area contributed by atoms with E-state index in [0.29, 0.717) is 12.3 Å². The van der Waals surface area contributed by atoms with Crippen LogP contribution in [0.1, 0.15) is 15.9 Å². The lowest BCUT2D eigenvalue weighted by Crippen LogP contribution is -2.16. The summed E-state index contributed by atoms with van der Waals surface area (Å²) in [7, 11) is 6.93. The van der Waals surface area contributed by atoms with E-state index in [4.69, 9.17) is 14.2 Å². The number of amides is 1. The van der Waals surface area contributed by atoms with Crippen LogP contribution in [-0.2, 0) is 11.2 Å². The molecule has 1 N–H and O–H groups in total. The van der Waals surface area contributed by atoms with Crippen molar-refractivity contribution in [3.63, 3.8) is 0 Å². The standard InChI is InChI=1S/C21H27N3O6/c1-23(2)10-9-15-5-7-16(8-6-15)22-21(25)17-13-19(29-4)20(30-12-11-28-3)14-18(17)24(26)27/h5-8,13-14H,9-12H2,1-4H3,(H,22,25). The molecule has 1 amide bonds. The molecule has 2 rings (SSSR count). The predicted molar refractivity (Wildman–Crippen MR) is 114 cm³/mol. The molecule has 0 unspecified atom stereocenters. The van der Waals surface area contributed by atoms with Gasteiger partial charge in [0.25, 0.3) is 11.6 Å². The summed E-state index contributed by atoms with van der Waals surface area (Å²) in [6, 6.07) is 9.87. The number of hydrogen-bond donors (Lipinski definition) is 1. The largest absolute Gasteiger partial charge is 0.493 e. The first-order chi connectivity index (χ1) is 14.3. The van der Waals surface area contributed by atoms with Crippen LogP contribution in [0.15, 0.2) is 36.4 Å². The zero-order valence-electron chi connectivity index (χ0n) is 17.6. The smallest absolute Gasteiger partial charge is 0.286 e. The summed E-state index contributed by atoms with van der Waals surface area (Å²) >= 11 is 0. The maximum absolute atomic E-state index is 12.7. The van der Waals surface area contributed by atoms with Gasteiger partial charge in [-0.15, -0.1) is 0 Å². The molecule has 30 heavy (non-hydrogen) atoms. The minimum Gasteiger partial charge on any atom is -0.493 e. The molecule has 0 saturated heterocycles. The number of nitrogens with zero attached hydrogens (tertiary/aromatic N) is 2. The van der Waals surface area contributed by atoms with Gasteiger partial charge in [0.2, 0.25) is 0 Å². The van der Waals surface area contributed by atoms with Crippen molar-refractivity contribution in [3.05, 3.63) is 57.6 Å². The summed E-state index contributed by atoms with van der Waals surface area (Å²) in [6.07, 6.45) is 0.883.